The molecule has 0 saturated carbocycles. The highest BCUT2D eigenvalue weighted by Crippen LogP contribution is 2.44. The van der Waals surface area contributed by atoms with Crippen molar-refractivity contribution in [3.8, 4) is 5.75 Å². The number of aliphatic hydroxyl groups is 1. The van der Waals surface area contributed by atoms with Crippen molar-refractivity contribution in [1.82, 2.24) is 15.2 Å². The summed E-state index contributed by atoms with van der Waals surface area (Å²) in [5.74, 6) is -1.43. The van der Waals surface area contributed by atoms with E-state index >= 15 is 0 Å². The molecule has 6 rings (SSSR count). The van der Waals surface area contributed by atoms with Gasteiger partial charge in [-0.25, -0.2) is 4.39 Å². The molecule has 0 spiro atoms. The zero-order valence-corrected chi connectivity index (χ0v) is 25.0. The molecule has 11 heteroatoms. The lowest BCUT2D eigenvalue weighted by Crippen LogP contribution is -2.29. The largest absolute Gasteiger partial charge is 0.507 e. The SMILES string of the molecule is Cc1cccc(COc2ccc(C(O)=C3C(=O)C(=O)N(c4nnc(SCc5ccccc5F)s4)C3c3ccncc3)cc2)c1. The van der Waals surface area contributed by atoms with E-state index in [1.54, 1.807) is 67.0 Å². The van der Waals surface area contributed by atoms with Gasteiger partial charge in [-0.1, -0.05) is 71.1 Å². The molecule has 0 radical (unpaired) electrons. The smallest absolute Gasteiger partial charge is 0.301 e. The summed E-state index contributed by atoms with van der Waals surface area (Å²) in [4.78, 5) is 32.2. The summed E-state index contributed by atoms with van der Waals surface area (Å²) in [6.07, 6.45) is 3.09. The number of ketones is 1. The van der Waals surface area contributed by atoms with Crippen LogP contribution in [-0.4, -0.2) is 32.0 Å². The number of aromatic nitrogens is 3. The Hall–Kier alpha value is -4.87. The Kier molecular flexibility index (Phi) is 8.49. The predicted octanol–water partition coefficient (Wildman–Crippen LogP) is 6.88. The Morgan fingerprint density at radius 1 is 1.00 bits per heavy atom. The van der Waals surface area contributed by atoms with E-state index < -0.39 is 17.7 Å². The number of ether oxygens (including phenoxy) is 1. The lowest BCUT2D eigenvalue weighted by Gasteiger charge is -2.22. The van der Waals surface area contributed by atoms with Crippen molar-refractivity contribution >= 4 is 45.7 Å². The molecular formula is C33H25FN4O4S2. The van der Waals surface area contributed by atoms with E-state index in [1.807, 2.05) is 31.2 Å². The van der Waals surface area contributed by atoms with Gasteiger partial charge in [-0.05, 0) is 66.1 Å². The van der Waals surface area contributed by atoms with Gasteiger partial charge in [-0.2, -0.15) is 0 Å². The number of amides is 1. The van der Waals surface area contributed by atoms with E-state index in [0.717, 1.165) is 22.5 Å². The van der Waals surface area contributed by atoms with Crippen molar-refractivity contribution in [2.75, 3.05) is 4.90 Å². The van der Waals surface area contributed by atoms with E-state index in [2.05, 4.69) is 15.2 Å². The molecule has 2 aromatic heterocycles. The summed E-state index contributed by atoms with van der Waals surface area (Å²) in [6, 6.07) is 23.5. The number of benzene rings is 3. The van der Waals surface area contributed by atoms with Crippen LogP contribution in [0.2, 0.25) is 0 Å². The molecule has 1 amide bonds. The van der Waals surface area contributed by atoms with Crippen LogP contribution >= 0.6 is 23.1 Å². The number of rotatable bonds is 9. The third-order valence-electron chi connectivity index (χ3n) is 6.99. The van der Waals surface area contributed by atoms with E-state index in [0.29, 0.717) is 39.1 Å². The van der Waals surface area contributed by atoms with Crippen molar-refractivity contribution in [1.29, 1.82) is 0 Å². The molecule has 1 N–H and O–H groups in total. The third-order valence-corrected chi connectivity index (χ3v) is 9.10. The average Bonchev–Trinajstić information content (AvgIpc) is 3.61. The first-order chi connectivity index (χ1) is 21.4. The normalized spacial score (nSPS) is 16.0. The van der Waals surface area contributed by atoms with Gasteiger partial charge in [0, 0.05) is 23.7 Å². The molecule has 1 aliphatic heterocycles. The van der Waals surface area contributed by atoms with Gasteiger partial charge in [0.1, 0.15) is 23.9 Å². The number of Topliss-reactive ketones (excluding diaryl/α,β-unsaturated/α-hetero) is 1. The molecule has 1 fully saturated rings. The summed E-state index contributed by atoms with van der Waals surface area (Å²) >= 11 is 2.38. The van der Waals surface area contributed by atoms with Crippen LogP contribution in [0.4, 0.5) is 9.52 Å². The van der Waals surface area contributed by atoms with Gasteiger partial charge in [-0.3, -0.25) is 19.5 Å². The summed E-state index contributed by atoms with van der Waals surface area (Å²) in [6.45, 7) is 2.39. The van der Waals surface area contributed by atoms with Gasteiger partial charge < -0.3 is 9.84 Å². The van der Waals surface area contributed by atoms with E-state index in [-0.39, 0.29) is 22.3 Å². The number of hydrogen-bond acceptors (Lipinski definition) is 9. The summed E-state index contributed by atoms with van der Waals surface area (Å²) in [5, 5.41) is 20.0. The highest BCUT2D eigenvalue weighted by Gasteiger charge is 2.48. The maximum atomic E-state index is 14.1. The van der Waals surface area contributed by atoms with Gasteiger partial charge in [0.25, 0.3) is 5.78 Å². The maximum Gasteiger partial charge on any atom is 0.301 e. The number of carbonyl (C=O) groups excluding carboxylic acids is 2. The number of aryl methyl sites for hydroxylation is 1. The van der Waals surface area contributed by atoms with Crippen LogP contribution in [0.5, 0.6) is 5.75 Å². The molecule has 0 aliphatic carbocycles. The number of pyridine rings is 1. The number of halogens is 1. The fourth-order valence-corrected chi connectivity index (χ4v) is 6.69. The number of nitrogens with zero attached hydrogens (tertiary/aromatic N) is 4. The lowest BCUT2D eigenvalue weighted by molar-refractivity contribution is -0.132. The summed E-state index contributed by atoms with van der Waals surface area (Å²) < 4.78 is 20.5. The van der Waals surface area contributed by atoms with Crippen molar-refractivity contribution in [3.63, 3.8) is 0 Å². The van der Waals surface area contributed by atoms with Gasteiger partial charge in [0.15, 0.2) is 4.34 Å². The molecule has 3 heterocycles. The number of anilines is 1. The number of carbonyl (C=O) groups is 2. The highest BCUT2D eigenvalue weighted by molar-refractivity contribution is 8.00. The minimum atomic E-state index is -0.965. The molecule has 1 unspecified atom stereocenters. The number of aliphatic hydroxyl groups excluding tert-OH is 1. The van der Waals surface area contributed by atoms with Crippen LogP contribution in [0.3, 0.4) is 0 Å². The fourth-order valence-electron chi connectivity index (χ4n) is 4.84. The second kappa shape index (κ2) is 12.8. The van der Waals surface area contributed by atoms with Crippen molar-refractivity contribution in [2.45, 2.75) is 29.7 Å². The second-order valence-corrected chi connectivity index (χ2v) is 12.2. The number of hydrogen-bond donors (Lipinski definition) is 1. The Bertz CT molecular complexity index is 1860. The van der Waals surface area contributed by atoms with Crippen LogP contribution < -0.4 is 9.64 Å². The molecule has 1 atom stereocenters. The molecule has 8 nitrogen and oxygen atoms in total. The molecule has 44 heavy (non-hydrogen) atoms. The summed E-state index contributed by atoms with van der Waals surface area (Å²) in [5.41, 5.74) is 3.51. The van der Waals surface area contributed by atoms with E-state index in [9.17, 15) is 19.1 Å². The van der Waals surface area contributed by atoms with Gasteiger partial charge in [0.05, 0.1) is 11.6 Å². The van der Waals surface area contributed by atoms with Crippen molar-refractivity contribution in [2.24, 2.45) is 0 Å². The zero-order chi connectivity index (χ0) is 30.6. The fraction of sp³-hybridized carbons (Fsp3) is 0.121. The third kappa shape index (κ3) is 6.10. The molecule has 5 aromatic rings. The quantitative estimate of drug-likeness (QED) is 0.0622. The van der Waals surface area contributed by atoms with Crippen molar-refractivity contribution < 1.29 is 23.8 Å². The Balaban J connectivity index is 1.28. The molecule has 1 saturated heterocycles. The molecule has 0 bridgehead atoms. The molecule has 220 valence electrons. The molecule has 1 aliphatic rings. The van der Waals surface area contributed by atoms with Crippen LogP contribution in [0.15, 0.2) is 107 Å². The Labute approximate surface area is 260 Å². The predicted molar refractivity (Wildman–Crippen MR) is 167 cm³/mol. The maximum absolute atomic E-state index is 14.1. The highest BCUT2D eigenvalue weighted by atomic mass is 32.2. The zero-order valence-electron chi connectivity index (χ0n) is 23.4. The van der Waals surface area contributed by atoms with Gasteiger partial charge in [-0.15, -0.1) is 10.2 Å². The van der Waals surface area contributed by atoms with Crippen LogP contribution in [0.25, 0.3) is 5.76 Å². The molecule has 3 aromatic carbocycles. The Morgan fingerprint density at radius 2 is 1.77 bits per heavy atom. The first-order valence-corrected chi connectivity index (χ1v) is 15.4. The van der Waals surface area contributed by atoms with Crippen LogP contribution in [-0.2, 0) is 21.9 Å². The molecular weight excluding hydrogens is 600 g/mol. The Morgan fingerprint density at radius 3 is 2.52 bits per heavy atom. The number of thioether (sulfide) groups is 1. The monoisotopic (exact) mass is 624 g/mol. The van der Waals surface area contributed by atoms with E-state index in [4.69, 9.17) is 4.74 Å². The van der Waals surface area contributed by atoms with Crippen LogP contribution in [0.1, 0.15) is 33.9 Å². The minimum Gasteiger partial charge on any atom is -0.507 e. The lowest BCUT2D eigenvalue weighted by atomic mass is 9.96. The second-order valence-electron chi connectivity index (χ2n) is 9.98. The van der Waals surface area contributed by atoms with Crippen molar-refractivity contribution in [3.05, 3.63) is 137 Å². The first-order valence-electron chi connectivity index (χ1n) is 13.6. The average molecular weight is 625 g/mol. The topological polar surface area (TPSA) is 106 Å². The standard InChI is InChI=1S/C33H25FN4O4S2/c1-20-5-4-6-21(17-20)18-42-25-11-9-23(10-12-25)29(39)27-28(22-13-15-35-16-14-22)38(31(41)30(27)40)32-36-37-33(44-32)43-19-24-7-2-3-8-26(24)34/h2-17,28,39H,18-19H2,1H3. The summed E-state index contributed by atoms with van der Waals surface area (Å²) in [7, 11) is 0. The van der Waals surface area contributed by atoms with Gasteiger partial charge in [0.2, 0.25) is 5.13 Å². The first kappa shape index (κ1) is 29.2. The van der Waals surface area contributed by atoms with Crippen LogP contribution in [0, 0.1) is 12.7 Å². The van der Waals surface area contributed by atoms with E-state index in [1.165, 1.54) is 22.7 Å². The minimum absolute atomic E-state index is 0.0783. The van der Waals surface area contributed by atoms with Gasteiger partial charge >= 0.3 is 5.91 Å².